The van der Waals surface area contributed by atoms with Crippen LogP contribution >= 0.6 is 0 Å². The number of nitrogens with zero attached hydrogens (tertiary/aromatic N) is 4. The molecule has 2 aromatic rings. The van der Waals surface area contributed by atoms with Gasteiger partial charge in [0.25, 0.3) is 0 Å². The number of pyridine rings is 1. The van der Waals surface area contributed by atoms with Crippen molar-refractivity contribution < 1.29 is 9.53 Å². The summed E-state index contributed by atoms with van der Waals surface area (Å²) in [6, 6.07) is 3.54. The zero-order valence-corrected chi connectivity index (χ0v) is 12.0. The molecule has 2 aromatic heterocycles. The lowest BCUT2D eigenvalue weighted by Gasteiger charge is -2.34. The van der Waals surface area contributed by atoms with Gasteiger partial charge in [0.1, 0.15) is 17.4 Å². The molecular weight excluding hydrogens is 268 g/mol. The second-order valence-electron chi connectivity index (χ2n) is 5.03. The van der Waals surface area contributed by atoms with Crippen LogP contribution in [-0.2, 0) is 9.53 Å². The zero-order valence-electron chi connectivity index (χ0n) is 12.0. The smallest absolute Gasteiger partial charge is 0.328 e. The third-order valence-electron chi connectivity index (χ3n) is 3.67. The topological polar surface area (TPSA) is 68.2 Å². The van der Waals surface area contributed by atoms with Gasteiger partial charge in [-0.3, -0.25) is 4.98 Å². The van der Waals surface area contributed by atoms with Crippen LogP contribution in [0.4, 0.5) is 5.82 Å². The minimum absolute atomic E-state index is 0.168. The number of anilines is 1. The fourth-order valence-electron chi connectivity index (χ4n) is 2.69. The lowest BCUT2D eigenvalue weighted by Crippen LogP contribution is -2.46. The van der Waals surface area contributed by atoms with Gasteiger partial charge in [0, 0.05) is 18.9 Å². The van der Waals surface area contributed by atoms with Crippen LogP contribution < -0.4 is 4.90 Å². The molecule has 1 fully saturated rings. The standard InChI is InChI=1S/C15H18N4O2/c1-2-21-15(20)12-5-3-4-10-19(12)13-7-6-11-14(18-13)17-9-8-16-11/h6-9,12H,2-5,10H2,1H3. The minimum atomic E-state index is -0.250. The summed E-state index contributed by atoms with van der Waals surface area (Å²) in [5, 5.41) is 0. The molecule has 1 unspecified atom stereocenters. The van der Waals surface area contributed by atoms with Crippen molar-refractivity contribution in [1.82, 2.24) is 15.0 Å². The summed E-state index contributed by atoms with van der Waals surface area (Å²) < 4.78 is 5.18. The first-order valence-electron chi connectivity index (χ1n) is 7.30. The number of fused-ring (bicyclic) bond motifs is 1. The summed E-state index contributed by atoms with van der Waals surface area (Å²) in [6.07, 6.45) is 6.16. The number of piperidine rings is 1. The van der Waals surface area contributed by atoms with Gasteiger partial charge in [0.05, 0.1) is 6.61 Å². The molecule has 0 spiro atoms. The van der Waals surface area contributed by atoms with E-state index in [1.54, 1.807) is 12.4 Å². The first kappa shape index (κ1) is 13.7. The monoisotopic (exact) mass is 286 g/mol. The van der Waals surface area contributed by atoms with Gasteiger partial charge < -0.3 is 9.64 Å². The lowest BCUT2D eigenvalue weighted by atomic mass is 10.0. The van der Waals surface area contributed by atoms with E-state index in [1.165, 1.54) is 0 Å². The second kappa shape index (κ2) is 6.03. The fraction of sp³-hybridized carbons (Fsp3) is 0.467. The van der Waals surface area contributed by atoms with Gasteiger partial charge in [0.2, 0.25) is 0 Å². The van der Waals surface area contributed by atoms with Gasteiger partial charge in [0.15, 0.2) is 5.65 Å². The number of esters is 1. The van der Waals surface area contributed by atoms with Gasteiger partial charge in [-0.15, -0.1) is 0 Å². The summed E-state index contributed by atoms with van der Waals surface area (Å²) in [6.45, 7) is 3.04. The van der Waals surface area contributed by atoms with Gasteiger partial charge >= 0.3 is 5.97 Å². The molecule has 0 radical (unpaired) electrons. The molecule has 0 amide bonds. The predicted molar refractivity (Wildman–Crippen MR) is 79.0 cm³/mol. The number of carbonyl (C=O) groups excluding carboxylic acids is 1. The summed E-state index contributed by atoms with van der Waals surface area (Å²) in [7, 11) is 0. The summed E-state index contributed by atoms with van der Waals surface area (Å²) in [5.41, 5.74) is 1.36. The number of hydrogen-bond acceptors (Lipinski definition) is 6. The van der Waals surface area contributed by atoms with Crippen molar-refractivity contribution in [3.05, 3.63) is 24.5 Å². The molecule has 0 saturated carbocycles. The Hall–Kier alpha value is -2.24. The molecular formula is C15H18N4O2. The number of ether oxygens (including phenoxy) is 1. The Balaban J connectivity index is 1.92. The third-order valence-corrected chi connectivity index (χ3v) is 3.67. The maximum Gasteiger partial charge on any atom is 0.328 e. The SMILES string of the molecule is CCOC(=O)C1CCCCN1c1ccc2nccnc2n1. The Morgan fingerprint density at radius 2 is 2.19 bits per heavy atom. The Kier molecular flexibility index (Phi) is 3.94. The molecule has 1 aliphatic heterocycles. The van der Waals surface area contributed by atoms with Gasteiger partial charge in [-0.25, -0.2) is 14.8 Å². The van der Waals surface area contributed by atoms with E-state index in [-0.39, 0.29) is 12.0 Å². The number of hydrogen-bond donors (Lipinski definition) is 0. The number of aromatic nitrogens is 3. The average molecular weight is 286 g/mol. The molecule has 0 aromatic carbocycles. The van der Waals surface area contributed by atoms with Gasteiger partial charge in [-0.1, -0.05) is 0 Å². The minimum Gasteiger partial charge on any atom is -0.464 e. The maximum absolute atomic E-state index is 12.1. The highest BCUT2D eigenvalue weighted by atomic mass is 16.5. The molecule has 3 rings (SSSR count). The second-order valence-corrected chi connectivity index (χ2v) is 5.03. The molecule has 1 saturated heterocycles. The van der Waals surface area contributed by atoms with Crippen LogP contribution in [0.2, 0.25) is 0 Å². The van der Waals surface area contributed by atoms with Gasteiger partial charge in [-0.2, -0.15) is 0 Å². The molecule has 21 heavy (non-hydrogen) atoms. The van der Waals surface area contributed by atoms with E-state index in [0.717, 1.165) is 37.1 Å². The highest BCUT2D eigenvalue weighted by molar-refractivity contribution is 5.81. The van der Waals surface area contributed by atoms with Crippen molar-refractivity contribution in [3.63, 3.8) is 0 Å². The summed E-state index contributed by atoms with van der Waals surface area (Å²) >= 11 is 0. The van der Waals surface area contributed by atoms with Crippen molar-refractivity contribution in [2.24, 2.45) is 0 Å². The molecule has 1 aliphatic rings. The van der Waals surface area contributed by atoms with Crippen LogP contribution in [-0.4, -0.2) is 40.1 Å². The van der Waals surface area contributed by atoms with Crippen LogP contribution in [0.25, 0.3) is 11.2 Å². The van der Waals surface area contributed by atoms with E-state index < -0.39 is 0 Å². The molecule has 110 valence electrons. The van der Waals surface area contributed by atoms with Crippen molar-refractivity contribution in [2.45, 2.75) is 32.2 Å². The maximum atomic E-state index is 12.1. The van der Waals surface area contributed by atoms with E-state index in [1.807, 2.05) is 24.0 Å². The molecule has 0 aliphatic carbocycles. The van der Waals surface area contributed by atoms with Crippen molar-refractivity contribution in [1.29, 1.82) is 0 Å². The van der Waals surface area contributed by atoms with Crippen LogP contribution in [0, 0.1) is 0 Å². The van der Waals surface area contributed by atoms with Crippen LogP contribution in [0.1, 0.15) is 26.2 Å². The number of rotatable bonds is 3. The molecule has 6 nitrogen and oxygen atoms in total. The predicted octanol–water partition coefficient (Wildman–Crippen LogP) is 1.95. The highest BCUT2D eigenvalue weighted by Crippen LogP contribution is 2.25. The molecule has 1 atom stereocenters. The Morgan fingerprint density at radius 1 is 1.33 bits per heavy atom. The van der Waals surface area contributed by atoms with E-state index in [4.69, 9.17) is 4.74 Å². The van der Waals surface area contributed by atoms with Crippen LogP contribution in [0.5, 0.6) is 0 Å². The third kappa shape index (κ3) is 2.79. The average Bonchev–Trinajstić information content (AvgIpc) is 2.54. The molecule has 6 heteroatoms. The lowest BCUT2D eigenvalue weighted by molar-refractivity contribution is -0.145. The first-order valence-corrected chi connectivity index (χ1v) is 7.30. The van der Waals surface area contributed by atoms with Crippen LogP contribution in [0.3, 0.4) is 0 Å². The van der Waals surface area contributed by atoms with E-state index in [2.05, 4.69) is 15.0 Å². The number of carbonyl (C=O) groups is 1. The van der Waals surface area contributed by atoms with E-state index >= 15 is 0 Å². The van der Waals surface area contributed by atoms with Crippen molar-refractivity contribution >= 4 is 23.0 Å². The Bertz CT molecular complexity index is 646. The normalized spacial score (nSPS) is 18.7. The van der Waals surface area contributed by atoms with Crippen molar-refractivity contribution in [2.75, 3.05) is 18.1 Å². The zero-order chi connectivity index (χ0) is 14.7. The Labute approximate surface area is 123 Å². The Morgan fingerprint density at radius 3 is 3.05 bits per heavy atom. The first-order chi connectivity index (χ1) is 10.3. The van der Waals surface area contributed by atoms with E-state index in [9.17, 15) is 4.79 Å². The molecule has 3 heterocycles. The van der Waals surface area contributed by atoms with Gasteiger partial charge in [-0.05, 0) is 38.3 Å². The van der Waals surface area contributed by atoms with E-state index in [0.29, 0.717) is 12.3 Å². The quantitative estimate of drug-likeness (QED) is 0.803. The summed E-state index contributed by atoms with van der Waals surface area (Å²) in [4.78, 5) is 27.1. The van der Waals surface area contributed by atoms with Crippen molar-refractivity contribution in [3.8, 4) is 0 Å². The molecule has 0 bridgehead atoms. The largest absolute Gasteiger partial charge is 0.464 e. The summed E-state index contributed by atoms with van der Waals surface area (Å²) in [5.74, 6) is 0.596. The van der Waals surface area contributed by atoms with Crippen LogP contribution in [0.15, 0.2) is 24.5 Å². The highest BCUT2D eigenvalue weighted by Gasteiger charge is 2.30. The molecule has 0 N–H and O–H groups in total. The fourth-order valence-corrected chi connectivity index (χ4v) is 2.69.